The van der Waals surface area contributed by atoms with Gasteiger partial charge in [-0.25, -0.2) is 4.68 Å². The molecule has 1 amide bonds. The van der Waals surface area contributed by atoms with Gasteiger partial charge in [0.15, 0.2) is 11.5 Å². The lowest BCUT2D eigenvalue weighted by atomic mass is 10.1. The molecule has 2 aromatic carbocycles. The number of hydrogen-bond donors (Lipinski definition) is 1. The first-order valence-corrected chi connectivity index (χ1v) is 9.27. The number of anilines is 1. The summed E-state index contributed by atoms with van der Waals surface area (Å²) in [6, 6.07) is 7.91. The molecule has 10 heteroatoms. The van der Waals surface area contributed by atoms with Crippen molar-refractivity contribution in [3.63, 3.8) is 0 Å². The Balaban J connectivity index is 1.90. The average Bonchev–Trinajstić information content (AvgIpc) is 3.30. The normalized spacial score (nSPS) is 11.4. The van der Waals surface area contributed by atoms with Crippen LogP contribution in [0.4, 0.5) is 18.9 Å². The van der Waals surface area contributed by atoms with Crippen LogP contribution in [0, 0.1) is 0 Å². The summed E-state index contributed by atoms with van der Waals surface area (Å²) in [5.74, 6) is 0.549. The summed E-state index contributed by atoms with van der Waals surface area (Å²) < 4.78 is 56.7. The number of amides is 1. The molecule has 1 heterocycles. The summed E-state index contributed by atoms with van der Waals surface area (Å²) in [6.07, 6.45) is 1.14. The molecule has 168 valence electrons. The van der Waals surface area contributed by atoms with E-state index in [1.54, 1.807) is 24.4 Å². The first-order chi connectivity index (χ1) is 15.3. The predicted octanol–water partition coefficient (Wildman–Crippen LogP) is 4.57. The zero-order valence-corrected chi connectivity index (χ0v) is 17.4. The third kappa shape index (κ3) is 5.02. The second kappa shape index (κ2) is 9.46. The first-order valence-electron chi connectivity index (χ1n) is 9.27. The van der Waals surface area contributed by atoms with Crippen molar-refractivity contribution in [1.29, 1.82) is 0 Å². The number of nitrogens with zero attached hydrogens (tertiary/aromatic N) is 2. The molecule has 0 spiro atoms. The van der Waals surface area contributed by atoms with Gasteiger partial charge in [-0.15, -0.1) is 0 Å². The van der Waals surface area contributed by atoms with Crippen LogP contribution in [-0.4, -0.2) is 37.0 Å². The smallest absolute Gasteiger partial charge is 0.416 e. The van der Waals surface area contributed by atoms with Crippen molar-refractivity contribution in [2.75, 3.05) is 26.6 Å². The SMILES string of the molecule is COc1cc(/C=C/C(=O)Nc2cc(C(F)(F)F)ccc2-n2cccn2)cc(OC)c1OC. The fourth-order valence-electron chi connectivity index (χ4n) is 2.97. The van der Waals surface area contributed by atoms with Gasteiger partial charge in [0.05, 0.1) is 38.3 Å². The minimum Gasteiger partial charge on any atom is -0.493 e. The van der Waals surface area contributed by atoms with Gasteiger partial charge >= 0.3 is 6.18 Å². The molecule has 0 radical (unpaired) electrons. The van der Waals surface area contributed by atoms with Crippen LogP contribution < -0.4 is 19.5 Å². The van der Waals surface area contributed by atoms with Crippen LogP contribution in [0.5, 0.6) is 17.2 Å². The molecular formula is C22H20F3N3O4. The van der Waals surface area contributed by atoms with Gasteiger partial charge in [-0.1, -0.05) is 0 Å². The Kier molecular flexibility index (Phi) is 6.72. The van der Waals surface area contributed by atoms with Gasteiger partial charge in [0.1, 0.15) is 0 Å². The fraction of sp³-hybridized carbons (Fsp3) is 0.182. The van der Waals surface area contributed by atoms with Gasteiger partial charge in [-0.3, -0.25) is 4.79 Å². The summed E-state index contributed by atoms with van der Waals surface area (Å²) in [6.45, 7) is 0. The molecule has 3 aromatic rings. The molecule has 0 bridgehead atoms. The van der Waals surface area contributed by atoms with Crippen LogP contribution in [0.1, 0.15) is 11.1 Å². The molecule has 0 saturated heterocycles. The van der Waals surface area contributed by atoms with Crippen LogP contribution in [-0.2, 0) is 11.0 Å². The lowest BCUT2D eigenvalue weighted by Crippen LogP contribution is -2.13. The minimum absolute atomic E-state index is 0.0388. The van der Waals surface area contributed by atoms with Crippen LogP contribution in [0.3, 0.4) is 0 Å². The maximum absolute atomic E-state index is 13.2. The minimum atomic E-state index is -4.56. The van der Waals surface area contributed by atoms with E-state index in [1.807, 2.05) is 0 Å². The number of carbonyl (C=O) groups excluding carboxylic acids is 1. The highest BCUT2D eigenvalue weighted by atomic mass is 19.4. The number of alkyl halides is 3. The maximum Gasteiger partial charge on any atom is 0.416 e. The Bertz CT molecular complexity index is 1100. The number of carbonyl (C=O) groups is 1. The third-order valence-corrected chi connectivity index (χ3v) is 4.45. The Morgan fingerprint density at radius 2 is 1.75 bits per heavy atom. The lowest BCUT2D eigenvalue weighted by Gasteiger charge is -2.14. The van der Waals surface area contributed by atoms with Gasteiger partial charge < -0.3 is 19.5 Å². The molecule has 0 aliphatic carbocycles. The highest BCUT2D eigenvalue weighted by molar-refractivity contribution is 6.03. The summed E-state index contributed by atoms with van der Waals surface area (Å²) in [5.41, 5.74) is -0.0797. The zero-order valence-electron chi connectivity index (χ0n) is 17.4. The number of hydrogen-bond acceptors (Lipinski definition) is 5. The second-order valence-electron chi connectivity index (χ2n) is 6.46. The fourth-order valence-corrected chi connectivity index (χ4v) is 2.97. The highest BCUT2D eigenvalue weighted by Crippen LogP contribution is 2.38. The Hall–Kier alpha value is -3.95. The summed E-state index contributed by atoms with van der Waals surface area (Å²) >= 11 is 0. The first kappa shape index (κ1) is 22.7. The topological polar surface area (TPSA) is 74.6 Å². The molecule has 0 fully saturated rings. The van der Waals surface area contributed by atoms with E-state index < -0.39 is 17.6 Å². The van der Waals surface area contributed by atoms with Crippen molar-refractivity contribution in [3.05, 3.63) is 66.0 Å². The molecule has 32 heavy (non-hydrogen) atoms. The quantitative estimate of drug-likeness (QED) is 0.537. The largest absolute Gasteiger partial charge is 0.493 e. The standard InChI is InChI=1S/C22H20F3N3O4/c1-30-18-11-14(12-19(31-2)21(18)32-3)5-8-20(29)27-16-13-15(22(23,24)25)6-7-17(16)28-10-4-9-26-28/h4-13H,1-3H3,(H,27,29)/b8-5+. The van der Waals surface area contributed by atoms with Crippen LogP contribution >= 0.6 is 0 Å². The number of methoxy groups -OCH3 is 3. The van der Waals surface area contributed by atoms with E-state index in [1.165, 1.54) is 50.4 Å². The van der Waals surface area contributed by atoms with E-state index >= 15 is 0 Å². The van der Waals surface area contributed by atoms with Crippen molar-refractivity contribution in [1.82, 2.24) is 9.78 Å². The van der Waals surface area contributed by atoms with Crippen molar-refractivity contribution in [2.45, 2.75) is 6.18 Å². The van der Waals surface area contributed by atoms with Crippen molar-refractivity contribution in [3.8, 4) is 22.9 Å². The van der Waals surface area contributed by atoms with E-state index in [0.717, 1.165) is 12.1 Å². The van der Waals surface area contributed by atoms with Crippen molar-refractivity contribution in [2.24, 2.45) is 0 Å². The molecule has 0 unspecified atom stereocenters. The molecule has 0 aliphatic rings. The number of rotatable bonds is 7. The number of halogens is 3. The van der Waals surface area contributed by atoms with Gasteiger partial charge in [0.2, 0.25) is 11.7 Å². The zero-order chi connectivity index (χ0) is 23.3. The number of aromatic nitrogens is 2. The van der Waals surface area contributed by atoms with Crippen molar-refractivity contribution < 1.29 is 32.2 Å². The number of benzene rings is 2. The van der Waals surface area contributed by atoms with E-state index in [9.17, 15) is 18.0 Å². The molecule has 3 rings (SSSR count). The molecular weight excluding hydrogens is 427 g/mol. The summed E-state index contributed by atoms with van der Waals surface area (Å²) in [4.78, 5) is 12.5. The molecule has 0 atom stereocenters. The van der Waals surface area contributed by atoms with Crippen LogP contribution in [0.2, 0.25) is 0 Å². The van der Waals surface area contributed by atoms with Crippen LogP contribution in [0.25, 0.3) is 11.8 Å². The van der Waals surface area contributed by atoms with Crippen molar-refractivity contribution >= 4 is 17.7 Å². The monoisotopic (exact) mass is 447 g/mol. The predicted molar refractivity (Wildman–Crippen MR) is 112 cm³/mol. The molecule has 0 aliphatic heterocycles. The molecule has 1 N–H and O–H groups in total. The Morgan fingerprint density at radius 3 is 2.28 bits per heavy atom. The molecule has 7 nitrogen and oxygen atoms in total. The second-order valence-corrected chi connectivity index (χ2v) is 6.46. The Labute approximate surface area is 182 Å². The van der Waals surface area contributed by atoms with Gasteiger partial charge in [-0.05, 0) is 48.0 Å². The van der Waals surface area contributed by atoms with Gasteiger partial charge in [-0.2, -0.15) is 18.3 Å². The van der Waals surface area contributed by atoms with E-state index in [-0.39, 0.29) is 11.4 Å². The van der Waals surface area contributed by atoms with E-state index in [2.05, 4.69) is 10.4 Å². The third-order valence-electron chi connectivity index (χ3n) is 4.45. The van der Waals surface area contributed by atoms with Gasteiger partial charge in [0, 0.05) is 18.5 Å². The molecule has 1 aromatic heterocycles. The number of ether oxygens (including phenoxy) is 3. The maximum atomic E-state index is 13.2. The molecule has 0 saturated carbocycles. The summed E-state index contributed by atoms with van der Waals surface area (Å²) in [5, 5.41) is 6.51. The van der Waals surface area contributed by atoms with Gasteiger partial charge in [0.25, 0.3) is 0 Å². The lowest BCUT2D eigenvalue weighted by molar-refractivity contribution is -0.137. The average molecular weight is 447 g/mol. The van der Waals surface area contributed by atoms with E-state index in [4.69, 9.17) is 14.2 Å². The summed E-state index contributed by atoms with van der Waals surface area (Å²) in [7, 11) is 4.39. The highest BCUT2D eigenvalue weighted by Gasteiger charge is 2.31. The van der Waals surface area contributed by atoms with Crippen LogP contribution in [0.15, 0.2) is 54.9 Å². The van der Waals surface area contributed by atoms with E-state index in [0.29, 0.717) is 22.8 Å². The number of nitrogens with one attached hydrogen (secondary N) is 1. The Morgan fingerprint density at radius 1 is 1.06 bits per heavy atom.